The van der Waals surface area contributed by atoms with Crippen molar-refractivity contribution < 1.29 is 5.11 Å². The Morgan fingerprint density at radius 1 is 1.22 bits per heavy atom. The van der Waals surface area contributed by atoms with Crippen molar-refractivity contribution in [3.63, 3.8) is 0 Å². The van der Waals surface area contributed by atoms with E-state index in [1.165, 1.54) is 5.56 Å². The van der Waals surface area contributed by atoms with Crippen molar-refractivity contribution in [1.29, 1.82) is 0 Å². The number of benzene rings is 1. The molecule has 0 aliphatic heterocycles. The van der Waals surface area contributed by atoms with Crippen LogP contribution in [0, 0.1) is 6.92 Å². The SMILES string of the molecule is Cc1cncc(C2(O)CCCc3ccccc32)c1. The maximum absolute atomic E-state index is 11.1. The highest BCUT2D eigenvalue weighted by atomic mass is 16.3. The van der Waals surface area contributed by atoms with Crippen LogP contribution in [0.3, 0.4) is 0 Å². The summed E-state index contributed by atoms with van der Waals surface area (Å²) in [6, 6.07) is 10.2. The van der Waals surface area contributed by atoms with Gasteiger partial charge in [0.15, 0.2) is 0 Å². The molecule has 0 radical (unpaired) electrons. The summed E-state index contributed by atoms with van der Waals surface area (Å²) < 4.78 is 0. The lowest BCUT2D eigenvalue weighted by Crippen LogP contribution is -2.32. The molecule has 2 heteroatoms. The molecule has 1 aliphatic rings. The van der Waals surface area contributed by atoms with E-state index >= 15 is 0 Å². The number of aliphatic hydroxyl groups is 1. The van der Waals surface area contributed by atoms with Gasteiger partial charge < -0.3 is 5.11 Å². The first kappa shape index (κ1) is 11.4. The summed E-state index contributed by atoms with van der Waals surface area (Å²) in [4.78, 5) is 4.22. The average Bonchev–Trinajstić information content (AvgIpc) is 2.39. The van der Waals surface area contributed by atoms with Crippen LogP contribution in [0.2, 0.25) is 0 Å². The zero-order valence-corrected chi connectivity index (χ0v) is 10.6. The first-order chi connectivity index (χ1) is 8.70. The van der Waals surface area contributed by atoms with Gasteiger partial charge in [0.05, 0.1) is 0 Å². The molecule has 1 atom stereocenters. The molecule has 0 saturated heterocycles. The van der Waals surface area contributed by atoms with Crippen LogP contribution in [0.1, 0.15) is 35.1 Å². The molecule has 1 unspecified atom stereocenters. The fraction of sp³-hybridized carbons (Fsp3) is 0.312. The van der Waals surface area contributed by atoms with Crippen LogP contribution in [0.5, 0.6) is 0 Å². The van der Waals surface area contributed by atoms with Crippen molar-refractivity contribution >= 4 is 0 Å². The van der Waals surface area contributed by atoms with Gasteiger partial charge in [-0.05, 0) is 48.9 Å². The average molecular weight is 239 g/mol. The molecule has 0 saturated carbocycles. The van der Waals surface area contributed by atoms with E-state index in [1.54, 1.807) is 6.20 Å². The van der Waals surface area contributed by atoms with Gasteiger partial charge in [0, 0.05) is 18.0 Å². The number of nitrogens with zero attached hydrogens (tertiary/aromatic N) is 1. The monoisotopic (exact) mass is 239 g/mol. The minimum absolute atomic E-state index is 0.773. The molecule has 92 valence electrons. The van der Waals surface area contributed by atoms with Crippen molar-refractivity contribution in [2.75, 3.05) is 0 Å². The zero-order chi connectivity index (χ0) is 12.6. The third-order valence-electron chi connectivity index (χ3n) is 3.80. The Balaban J connectivity index is 2.16. The van der Waals surface area contributed by atoms with Gasteiger partial charge in [-0.25, -0.2) is 0 Å². The highest BCUT2D eigenvalue weighted by Gasteiger charge is 2.36. The standard InChI is InChI=1S/C16H17NO/c1-12-9-14(11-17-10-12)16(18)8-4-6-13-5-2-3-7-15(13)16/h2-3,5,7,9-11,18H,4,6,8H2,1H3. The van der Waals surface area contributed by atoms with Gasteiger partial charge in [0.1, 0.15) is 5.60 Å². The molecule has 2 aromatic rings. The molecule has 2 nitrogen and oxygen atoms in total. The van der Waals surface area contributed by atoms with Crippen molar-refractivity contribution in [2.45, 2.75) is 31.8 Å². The van der Waals surface area contributed by atoms with E-state index in [1.807, 2.05) is 37.4 Å². The second-order valence-corrected chi connectivity index (χ2v) is 5.12. The smallest absolute Gasteiger partial charge is 0.116 e. The molecule has 0 spiro atoms. The molecule has 18 heavy (non-hydrogen) atoms. The Labute approximate surface area is 107 Å². The number of aromatic nitrogens is 1. The number of fused-ring (bicyclic) bond motifs is 1. The molecule has 1 aromatic carbocycles. The first-order valence-electron chi connectivity index (χ1n) is 6.43. The van der Waals surface area contributed by atoms with Gasteiger partial charge in [0.25, 0.3) is 0 Å². The van der Waals surface area contributed by atoms with E-state index in [2.05, 4.69) is 11.1 Å². The second kappa shape index (κ2) is 4.21. The van der Waals surface area contributed by atoms with E-state index in [0.29, 0.717) is 0 Å². The number of rotatable bonds is 1. The van der Waals surface area contributed by atoms with Crippen molar-refractivity contribution in [3.05, 3.63) is 65.0 Å². The van der Waals surface area contributed by atoms with Crippen LogP contribution >= 0.6 is 0 Å². The highest BCUT2D eigenvalue weighted by molar-refractivity contribution is 5.42. The van der Waals surface area contributed by atoms with Crippen molar-refractivity contribution in [2.24, 2.45) is 0 Å². The predicted octanol–water partition coefficient (Wildman–Crippen LogP) is 2.96. The van der Waals surface area contributed by atoms with Crippen LogP contribution in [0.25, 0.3) is 0 Å². The van der Waals surface area contributed by atoms with Gasteiger partial charge in [-0.2, -0.15) is 0 Å². The lowest BCUT2D eigenvalue weighted by atomic mass is 9.75. The van der Waals surface area contributed by atoms with E-state index in [-0.39, 0.29) is 0 Å². The Kier molecular flexibility index (Phi) is 2.67. The van der Waals surface area contributed by atoms with Crippen LogP contribution in [0.15, 0.2) is 42.7 Å². The lowest BCUT2D eigenvalue weighted by molar-refractivity contribution is 0.0612. The normalized spacial score (nSPS) is 22.6. The van der Waals surface area contributed by atoms with E-state index < -0.39 is 5.60 Å². The van der Waals surface area contributed by atoms with Crippen molar-refractivity contribution in [1.82, 2.24) is 4.98 Å². The molecule has 1 aromatic heterocycles. The molecule has 0 bridgehead atoms. The molecule has 1 heterocycles. The summed E-state index contributed by atoms with van der Waals surface area (Å²) in [6.07, 6.45) is 6.45. The molecule has 1 N–H and O–H groups in total. The number of aryl methyl sites for hydroxylation is 2. The molecule has 1 aliphatic carbocycles. The molecule has 0 amide bonds. The summed E-state index contributed by atoms with van der Waals surface area (Å²) >= 11 is 0. The Bertz CT molecular complexity index is 579. The predicted molar refractivity (Wildman–Crippen MR) is 71.4 cm³/mol. The molecular weight excluding hydrogens is 222 g/mol. The third-order valence-corrected chi connectivity index (χ3v) is 3.80. The van der Waals surface area contributed by atoms with E-state index in [0.717, 1.165) is 36.0 Å². The molecule has 0 fully saturated rings. The maximum Gasteiger partial charge on any atom is 0.116 e. The summed E-state index contributed by atoms with van der Waals surface area (Å²) in [7, 11) is 0. The second-order valence-electron chi connectivity index (χ2n) is 5.12. The number of hydrogen-bond acceptors (Lipinski definition) is 2. The van der Waals surface area contributed by atoms with Crippen molar-refractivity contribution in [3.8, 4) is 0 Å². The van der Waals surface area contributed by atoms with Crippen LogP contribution < -0.4 is 0 Å². The first-order valence-corrected chi connectivity index (χ1v) is 6.43. The largest absolute Gasteiger partial charge is 0.380 e. The number of hydrogen-bond donors (Lipinski definition) is 1. The van der Waals surface area contributed by atoms with Gasteiger partial charge in [-0.15, -0.1) is 0 Å². The Morgan fingerprint density at radius 2 is 2.06 bits per heavy atom. The fourth-order valence-electron chi connectivity index (χ4n) is 2.89. The molecular formula is C16H17NO. The van der Waals surface area contributed by atoms with Gasteiger partial charge in [0.2, 0.25) is 0 Å². The van der Waals surface area contributed by atoms with Gasteiger partial charge in [-0.3, -0.25) is 4.98 Å². The Hall–Kier alpha value is -1.67. The zero-order valence-electron chi connectivity index (χ0n) is 10.6. The van der Waals surface area contributed by atoms with E-state index in [4.69, 9.17) is 0 Å². The quantitative estimate of drug-likeness (QED) is 0.830. The summed E-state index contributed by atoms with van der Waals surface area (Å²) in [6.45, 7) is 2.01. The topological polar surface area (TPSA) is 33.1 Å². The summed E-state index contributed by atoms with van der Waals surface area (Å²) in [5.41, 5.74) is 3.43. The van der Waals surface area contributed by atoms with E-state index in [9.17, 15) is 5.11 Å². The summed E-state index contributed by atoms with van der Waals surface area (Å²) in [5, 5.41) is 11.1. The van der Waals surface area contributed by atoms with Crippen LogP contribution in [-0.4, -0.2) is 10.1 Å². The van der Waals surface area contributed by atoms with Gasteiger partial charge in [-0.1, -0.05) is 24.3 Å². The minimum atomic E-state index is -0.867. The maximum atomic E-state index is 11.1. The fourth-order valence-corrected chi connectivity index (χ4v) is 2.89. The molecule has 3 rings (SSSR count). The van der Waals surface area contributed by atoms with Gasteiger partial charge >= 0.3 is 0 Å². The summed E-state index contributed by atoms with van der Waals surface area (Å²) in [5.74, 6) is 0. The van der Waals surface area contributed by atoms with Crippen LogP contribution in [0.4, 0.5) is 0 Å². The lowest BCUT2D eigenvalue weighted by Gasteiger charge is -2.34. The minimum Gasteiger partial charge on any atom is -0.380 e. The highest BCUT2D eigenvalue weighted by Crippen LogP contribution is 2.40. The number of pyridine rings is 1. The Morgan fingerprint density at radius 3 is 2.89 bits per heavy atom. The third kappa shape index (κ3) is 1.73. The van der Waals surface area contributed by atoms with Crippen LogP contribution in [-0.2, 0) is 12.0 Å².